The van der Waals surface area contributed by atoms with Gasteiger partial charge in [0.15, 0.2) is 0 Å². The van der Waals surface area contributed by atoms with Crippen LogP contribution in [0.15, 0.2) is 0 Å². The van der Waals surface area contributed by atoms with Gasteiger partial charge in [-0.3, -0.25) is 0 Å². The van der Waals surface area contributed by atoms with E-state index in [1.54, 1.807) is 0 Å². The van der Waals surface area contributed by atoms with Crippen LogP contribution in [0.2, 0.25) is 0 Å². The molecule has 1 N–H and O–H groups in total. The van der Waals surface area contributed by atoms with Crippen LogP contribution >= 0.6 is 11.8 Å². The standard InChI is InChI=1S/C16H28O2S/c1-14(2)4-5-16(17,12-14)13-3-8-18-15(11-13)6-9-19-10-7-15/h13,17H,3-12H2,1-2H3. The molecule has 3 rings (SSSR count). The fourth-order valence-corrected chi connectivity index (χ4v) is 5.72. The van der Waals surface area contributed by atoms with Gasteiger partial charge < -0.3 is 9.84 Å². The highest BCUT2D eigenvalue weighted by Crippen LogP contribution is 2.52. The number of rotatable bonds is 1. The molecule has 1 saturated carbocycles. The monoisotopic (exact) mass is 284 g/mol. The van der Waals surface area contributed by atoms with Gasteiger partial charge in [-0.2, -0.15) is 11.8 Å². The Morgan fingerprint density at radius 2 is 1.84 bits per heavy atom. The number of aliphatic hydroxyl groups is 1. The summed E-state index contributed by atoms with van der Waals surface area (Å²) in [4.78, 5) is 0. The molecule has 0 radical (unpaired) electrons. The van der Waals surface area contributed by atoms with E-state index < -0.39 is 5.60 Å². The molecule has 0 bridgehead atoms. The summed E-state index contributed by atoms with van der Waals surface area (Å²) in [7, 11) is 0. The van der Waals surface area contributed by atoms with Crippen molar-refractivity contribution in [3.8, 4) is 0 Å². The van der Waals surface area contributed by atoms with Crippen LogP contribution in [0.4, 0.5) is 0 Å². The van der Waals surface area contributed by atoms with Crippen LogP contribution < -0.4 is 0 Å². The van der Waals surface area contributed by atoms with Gasteiger partial charge in [0.2, 0.25) is 0 Å². The first-order valence-corrected chi connectivity index (χ1v) is 9.03. The second-order valence-corrected chi connectivity index (χ2v) is 9.00. The minimum Gasteiger partial charge on any atom is -0.390 e. The van der Waals surface area contributed by atoms with Crippen LogP contribution in [-0.2, 0) is 4.74 Å². The normalized spacial score (nSPS) is 41.5. The van der Waals surface area contributed by atoms with Crippen molar-refractivity contribution in [2.75, 3.05) is 18.1 Å². The van der Waals surface area contributed by atoms with Gasteiger partial charge in [0, 0.05) is 6.61 Å². The quantitative estimate of drug-likeness (QED) is 0.797. The van der Waals surface area contributed by atoms with E-state index in [-0.39, 0.29) is 5.60 Å². The summed E-state index contributed by atoms with van der Waals surface area (Å²) < 4.78 is 6.17. The van der Waals surface area contributed by atoms with Gasteiger partial charge >= 0.3 is 0 Å². The second-order valence-electron chi connectivity index (χ2n) is 7.78. The molecule has 2 nitrogen and oxygen atoms in total. The molecule has 3 aliphatic rings. The van der Waals surface area contributed by atoms with Crippen LogP contribution in [0.3, 0.4) is 0 Å². The Balaban J connectivity index is 1.71. The van der Waals surface area contributed by atoms with E-state index in [2.05, 4.69) is 25.6 Å². The zero-order valence-electron chi connectivity index (χ0n) is 12.4. The van der Waals surface area contributed by atoms with E-state index in [4.69, 9.17) is 4.74 Å². The van der Waals surface area contributed by atoms with Gasteiger partial charge in [0.05, 0.1) is 11.2 Å². The molecule has 2 heterocycles. The largest absolute Gasteiger partial charge is 0.390 e. The van der Waals surface area contributed by atoms with Crippen LogP contribution in [0.5, 0.6) is 0 Å². The minimum absolute atomic E-state index is 0.108. The zero-order chi connectivity index (χ0) is 13.6. The van der Waals surface area contributed by atoms with Crippen LogP contribution in [0, 0.1) is 11.3 Å². The predicted molar refractivity (Wildman–Crippen MR) is 80.5 cm³/mol. The first kappa shape index (κ1) is 14.2. The summed E-state index contributed by atoms with van der Waals surface area (Å²) in [6.07, 6.45) is 7.68. The van der Waals surface area contributed by atoms with E-state index in [0.29, 0.717) is 11.3 Å². The first-order valence-electron chi connectivity index (χ1n) is 7.87. The summed E-state index contributed by atoms with van der Waals surface area (Å²) in [6.45, 7) is 5.46. The molecule has 2 saturated heterocycles. The molecule has 0 aromatic carbocycles. The molecule has 0 aromatic rings. The van der Waals surface area contributed by atoms with Crippen molar-refractivity contribution in [1.29, 1.82) is 0 Å². The molecule has 0 aromatic heterocycles. The molecule has 1 spiro atoms. The van der Waals surface area contributed by atoms with Crippen molar-refractivity contribution < 1.29 is 9.84 Å². The Hall–Kier alpha value is 0.270. The van der Waals surface area contributed by atoms with Gasteiger partial charge in [-0.25, -0.2) is 0 Å². The van der Waals surface area contributed by atoms with Gasteiger partial charge in [-0.15, -0.1) is 0 Å². The molecule has 3 fully saturated rings. The maximum Gasteiger partial charge on any atom is 0.0702 e. The van der Waals surface area contributed by atoms with E-state index >= 15 is 0 Å². The molecule has 2 atom stereocenters. The topological polar surface area (TPSA) is 29.5 Å². The highest BCUT2D eigenvalue weighted by molar-refractivity contribution is 7.99. The highest BCUT2D eigenvalue weighted by Gasteiger charge is 2.51. The third kappa shape index (κ3) is 2.84. The lowest BCUT2D eigenvalue weighted by atomic mass is 9.72. The lowest BCUT2D eigenvalue weighted by Crippen LogP contribution is -2.49. The molecule has 3 heteroatoms. The molecule has 19 heavy (non-hydrogen) atoms. The molecule has 0 amide bonds. The summed E-state index contributed by atoms with van der Waals surface area (Å²) in [5, 5.41) is 11.1. The van der Waals surface area contributed by atoms with Crippen molar-refractivity contribution in [3.05, 3.63) is 0 Å². The smallest absolute Gasteiger partial charge is 0.0702 e. The molecule has 2 aliphatic heterocycles. The zero-order valence-corrected chi connectivity index (χ0v) is 13.2. The van der Waals surface area contributed by atoms with Crippen LogP contribution in [-0.4, -0.2) is 34.4 Å². The molecular weight excluding hydrogens is 256 g/mol. The fraction of sp³-hybridized carbons (Fsp3) is 1.00. The van der Waals surface area contributed by atoms with E-state index in [0.717, 1.165) is 32.3 Å². The van der Waals surface area contributed by atoms with Crippen LogP contribution in [0.25, 0.3) is 0 Å². The molecule has 1 aliphatic carbocycles. The van der Waals surface area contributed by atoms with Gasteiger partial charge in [-0.1, -0.05) is 13.8 Å². The van der Waals surface area contributed by atoms with E-state index in [1.807, 2.05) is 0 Å². The third-order valence-corrected chi connectivity index (χ3v) is 6.66. The Morgan fingerprint density at radius 1 is 1.11 bits per heavy atom. The second kappa shape index (κ2) is 4.92. The van der Waals surface area contributed by atoms with E-state index in [9.17, 15) is 5.11 Å². The van der Waals surface area contributed by atoms with E-state index in [1.165, 1.54) is 30.8 Å². The Labute approximate surface area is 121 Å². The molecule has 110 valence electrons. The third-order valence-electron chi connectivity index (χ3n) is 5.68. The average molecular weight is 284 g/mol. The minimum atomic E-state index is -0.412. The lowest BCUT2D eigenvalue weighted by molar-refractivity contribution is -0.146. The summed E-state index contributed by atoms with van der Waals surface area (Å²) >= 11 is 2.05. The predicted octanol–water partition coefficient (Wildman–Crippen LogP) is 3.62. The number of thioether (sulfide) groups is 1. The van der Waals surface area contributed by atoms with Gasteiger partial charge in [0.25, 0.3) is 0 Å². The fourth-order valence-electron chi connectivity index (χ4n) is 4.49. The number of ether oxygens (including phenoxy) is 1. The lowest BCUT2D eigenvalue weighted by Gasteiger charge is -2.47. The SMILES string of the molecule is CC1(C)CCC(O)(C2CCOC3(CCSCC3)C2)C1. The maximum absolute atomic E-state index is 11.1. The first-order chi connectivity index (χ1) is 8.93. The maximum atomic E-state index is 11.1. The Bertz CT molecular complexity index is 330. The highest BCUT2D eigenvalue weighted by atomic mass is 32.2. The number of hydrogen-bond acceptors (Lipinski definition) is 3. The number of hydrogen-bond donors (Lipinski definition) is 1. The summed E-state index contributed by atoms with van der Waals surface area (Å²) in [5.41, 5.74) is 0.0180. The van der Waals surface area contributed by atoms with Crippen molar-refractivity contribution in [1.82, 2.24) is 0 Å². The van der Waals surface area contributed by atoms with Crippen molar-refractivity contribution in [2.24, 2.45) is 11.3 Å². The van der Waals surface area contributed by atoms with Gasteiger partial charge in [0.1, 0.15) is 0 Å². The van der Waals surface area contributed by atoms with Crippen molar-refractivity contribution in [3.63, 3.8) is 0 Å². The average Bonchev–Trinajstić information content (AvgIpc) is 2.66. The summed E-state index contributed by atoms with van der Waals surface area (Å²) in [5.74, 6) is 2.93. The van der Waals surface area contributed by atoms with Crippen LogP contribution in [0.1, 0.15) is 58.8 Å². The van der Waals surface area contributed by atoms with Crippen molar-refractivity contribution >= 4 is 11.8 Å². The van der Waals surface area contributed by atoms with Gasteiger partial charge in [-0.05, 0) is 67.8 Å². The van der Waals surface area contributed by atoms with Crippen molar-refractivity contribution in [2.45, 2.75) is 70.0 Å². The summed E-state index contributed by atoms with van der Waals surface area (Å²) in [6, 6.07) is 0. The molecular formula is C16H28O2S. The Morgan fingerprint density at radius 3 is 2.47 bits per heavy atom. The molecule has 2 unspecified atom stereocenters. The Kier molecular flexibility index (Phi) is 3.68.